The molecule has 1 N–H and O–H groups in total. The molecule has 0 unspecified atom stereocenters. The lowest BCUT2D eigenvalue weighted by Gasteiger charge is -2.08. The highest BCUT2D eigenvalue weighted by molar-refractivity contribution is 7.18. The van der Waals surface area contributed by atoms with Gasteiger partial charge in [-0.2, -0.15) is 0 Å². The Bertz CT molecular complexity index is 835. The van der Waals surface area contributed by atoms with Gasteiger partial charge in [0.25, 0.3) is 5.91 Å². The standard InChI is InChI=1S/C18H20N2O4S/c1-6-24-18(23)14-11(4)15(12(5)21)25-17(14)20-16(22)13-8-9(2)7-10(3)19-13/h7-8H,6H2,1-5H3,(H,20,22). The molecule has 25 heavy (non-hydrogen) atoms. The van der Waals surface area contributed by atoms with Crippen LogP contribution in [0.4, 0.5) is 5.00 Å². The molecule has 1 amide bonds. The average molecular weight is 360 g/mol. The molecule has 2 rings (SSSR count). The fraction of sp³-hybridized carbons (Fsp3) is 0.333. The summed E-state index contributed by atoms with van der Waals surface area (Å²) in [5, 5.41) is 3.00. The molecule has 0 spiro atoms. The highest BCUT2D eigenvalue weighted by atomic mass is 32.1. The number of hydrogen-bond donors (Lipinski definition) is 1. The number of nitrogens with zero attached hydrogens (tertiary/aromatic N) is 1. The van der Waals surface area contributed by atoms with Crippen LogP contribution in [0.1, 0.15) is 61.2 Å². The number of aryl methyl sites for hydroxylation is 2. The van der Waals surface area contributed by atoms with Crippen molar-refractivity contribution in [3.63, 3.8) is 0 Å². The molecule has 0 aliphatic carbocycles. The molecule has 0 atom stereocenters. The minimum Gasteiger partial charge on any atom is -0.462 e. The van der Waals surface area contributed by atoms with Crippen LogP contribution in [0.15, 0.2) is 12.1 Å². The van der Waals surface area contributed by atoms with Crippen LogP contribution in [0.2, 0.25) is 0 Å². The van der Waals surface area contributed by atoms with Crippen molar-refractivity contribution in [1.29, 1.82) is 0 Å². The predicted molar refractivity (Wildman–Crippen MR) is 96.7 cm³/mol. The molecule has 2 aromatic rings. The fourth-order valence-corrected chi connectivity index (χ4v) is 3.60. The second-order valence-corrected chi connectivity index (χ2v) is 6.68. The molecule has 6 nitrogen and oxygen atoms in total. The number of esters is 1. The van der Waals surface area contributed by atoms with Gasteiger partial charge in [-0.25, -0.2) is 9.78 Å². The van der Waals surface area contributed by atoms with Gasteiger partial charge < -0.3 is 10.1 Å². The average Bonchev–Trinajstić information content (AvgIpc) is 2.83. The van der Waals surface area contributed by atoms with Crippen LogP contribution in [0.25, 0.3) is 0 Å². The van der Waals surface area contributed by atoms with Crippen molar-refractivity contribution in [2.45, 2.75) is 34.6 Å². The maximum absolute atomic E-state index is 12.5. The van der Waals surface area contributed by atoms with Crippen LogP contribution >= 0.6 is 11.3 Å². The first kappa shape index (κ1) is 18.8. The predicted octanol–water partition coefficient (Wildman–Crippen LogP) is 3.70. The summed E-state index contributed by atoms with van der Waals surface area (Å²) >= 11 is 1.07. The van der Waals surface area contributed by atoms with E-state index in [2.05, 4.69) is 10.3 Å². The third-order valence-electron chi connectivity index (χ3n) is 3.50. The van der Waals surface area contributed by atoms with Crippen molar-refractivity contribution < 1.29 is 19.1 Å². The molecule has 0 saturated carbocycles. The minimum atomic E-state index is -0.563. The Labute approximate surface area is 150 Å². The normalized spacial score (nSPS) is 10.4. The highest BCUT2D eigenvalue weighted by Gasteiger charge is 2.25. The number of amides is 1. The van der Waals surface area contributed by atoms with Gasteiger partial charge in [0, 0.05) is 5.69 Å². The number of nitrogens with one attached hydrogen (secondary N) is 1. The Balaban J connectivity index is 2.43. The third-order valence-corrected chi connectivity index (χ3v) is 4.81. The summed E-state index contributed by atoms with van der Waals surface area (Å²) in [7, 11) is 0. The molecule has 2 aromatic heterocycles. The lowest BCUT2D eigenvalue weighted by atomic mass is 10.1. The number of ketones is 1. The molecule has 132 valence electrons. The maximum atomic E-state index is 12.5. The summed E-state index contributed by atoms with van der Waals surface area (Å²) in [6.07, 6.45) is 0. The molecule has 7 heteroatoms. The maximum Gasteiger partial charge on any atom is 0.341 e. The minimum absolute atomic E-state index is 0.168. The summed E-state index contributed by atoms with van der Waals surface area (Å²) in [6.45, 7) is 8.67. The Hall–Kier alpha value is -2.54. The molecule has 0 bridgehead atoms. The number of carbonyl (C=O) groups is 3. The van der Waals surface area contributed by atoms with E-state index in [1.807, 2.05) is 13.0 Å². The number of anilines is 1. The van der Waals surface area contributed by atoms with Crippen molar-refractivity contribution in [3.05, 3.63) is 45.1 Å². The third kappa shape index (κ3) is 4.11. The monoisotopic (exact) mass is 360 g/mol. The van der Waals surface area contributed by atoms with Crippen molar-refractivity contribution >= 4 is 34.0 Å². The van der Waals surface area contributed by atoms with E-state index in [1.165, 1.54) is 6.92 Å². The summed E-state index contributed by atoms with van der Waals surface area (Å²) in [4.78, 5) is 41.2. The van der Waals surface area contributed by atoms with E-state index < -0.39 is 11.9 Å². The molecule has 0 fully saturated rings. The van der Waals surface area contributed by atoms with Crippen LogP contribution in [0.3, 0.4) is 0 Å². The van der Waals surface area contributed by atoms with Crippen molar-refractivity contribution in [2.24, 2.45) is 0 Å². The molecular formula is C18H20N2O4S. The number of pyridine rings is 1. The zero-order valence-corrected chi connectivity index (χ0v) is 15.7. The molecule has 2 heterocycles. The zero-order chi connectivity index (χ0) is 18.7. The number of rotatable bonds is 5. The summed E-state index contributed by atoms with van der Waals surface area (Å²) in [5.41, 5.74) is 2.62. The summed E-state index contributed by atoms with van der Waals surface area (Å²) in [5.74, 6) is -1.17. The quantitative estimate of drug-likeness (QED) is 0.649. The lowest BCUT2D eigenvalue weighted by Crippen LogP contribution is -2.16. The van der Waals surface area contributed by atoms with E-state index in [-0.39, 0.29) is 23.6 Å². The number of ether oxygens (including phenoxy) is 1. The van der Waals surface area contributed by atoms with Crippen molar-refractivity contribution in [2.75, 3.05) is 11.9 Å². The van der Waals surface area contributed by atoms with Crippen molar-refractivity contribution in [3.8, 4) is 0 Å². The Morgan fingerprint density at radius 3 is 2.44 bits per heavy atom. The Kier molecular flexibility index (Phi) is 5.69. The van der Waals surface area contributed by atoms with Crippen LogP contribution < -0.4 is 5.32 Å². The van der Waals surface area contributed by atoms with E-state index >= 15 is 0 Å². The Morgan fingerprint density at radius 1 is 1.20 bits per heavy atom. The van der Waals surface area contributed by atoms with Crippen LogP contribution in [-0.2, 0) is 4.74 Å². The van der Waals surface area contributed by atoms with E-state index in [0.29, 0.717) is 15.4 Å². The number of Topliss-reactive ketones (excluding diaryl/α,β-unsaturated/α-hetero) is 1. The number of thiophene rings is 1. The number of hydrogen-bond acceptors (Lipinski definition) is 6. The van der Waals surface area contributed by atoms with Gasteiger partial charge in [0.1, 0.15) is 10.7 Å². The van der Waals surface area contributed by atoms with Crippen LogP contribution in [0.5, 0.6) is 0 Å². The topological polar surface area (TPSA) is 85.4 Å². The van der Waals surface area contributed by atoms with Crippen LogP contribution in [-0.4, -0.2) is 29.3 Å². The van der Waals surface area contributed by atoms with E-state index in [4.69, 9.17) is 4.74 Å². The first-order valence-corrected chi connectivity index (χ1v) is 8.64. The van der Waals surface area contributed by atoms with Gasteiger partial charge in [0.2, 0.25) is 0 Å². The fourth-order valence-electron chi connectivity index (χ4n) is 2.51. The number of aromatic nitrogens is 1. The van der Waals surface area contributed by atoms with E-state index in [1.54, 1.807) is 26.8 Å². The van der Waals surface area contributed by atoms with Gasteiger partial charge in [0.05, 0.1) is 17.0 Å². The molecule has 0 aromatic carbocycles. The second kappa shape index (κ2) is 7.57. The van der Waals surface area contributed by atoms with Crippen molar-refractivity contribution in [1.82, 2.24) is 4.98 Å². The van der Waals surface area contributed by atoms with Gasteiger partial charge in [-0.15, -0.1) is 11.3 Å². The SMILES string of the molecule is CCOC(=O)c1c(NC(=O)c2cc(C)cc(C)n2)sc(C(C)=O)c1C. The highest BCUT2D eigenvalue weighted by Crippen LogP contribution is 2.34. The molecule has 0 aliphatic heterocycles. The first-order chi connectivity index (χ1) is 11.7. The van der Waals surface area contributed by atoms with Gasteiger partial charge in [0.15, 0.2) is 5.78 Å². The largest absolute Gasteiger partial charge is 0.462 e. The molecule has 0 saturated heterocycles. The second-order valence-electron chi connectivity index (χ2n) is 5.66. The first-order valence-electron chi connectivity index (χ1n) is 7.82. The van der Waals surface area contributed by atoms with Gasteiger partial charge in [-0.05, 0) is 57.9 Å². The molecule has 0 radical (unpaired) electrons. The van der Waals surface area contributed by atoms with Gasteiger partial charge in [-0.3, -0.25) is 9.59 Å². The van der Waals surface area contributed by atoms with Gasteiger partial charge in [-0.1, -0.05) is 0 Å². The van der Waals surface area contributed by atoms with Crippen LogP contribution in [0, 0.1) is 20.8 Å². The van der Waals surface area contributed by atoms with E-state index in [0.717, 1.165) is 22.6 Å². The zero-order valence-electron chi connectivity index (χ0n) is 14.9. The molecule has 0 aliphatic rings. The lowest BCUT2D eigenvalue weighted by molar-refractivity contribution is 0.0527. The number of carbonyl (C=O) groups excluding carboxylic acids is 3. The van der Waals surface area contributed by atoms with E-state index in [9.17, 15) is 14.4 Å². The summed E-state index contributed by atoms with van der Waals surface area (Å²) in [6, 6.07) is 3.53. The molecular weight excluding hydrogens is 340 g/mol. The summed E-state index contributed by atoms with van der Waals surface area (Å²) < 4.78 is 5.06. The smallest absolute Gasteiger partial charge is 0.341 e. The van der Waals surface area contributed by atoms with Gasteiger partial charge >= 0.3 is 5.97 Å². The Morgan fingerprint density at radius 2 is 1.88 bits per heavy atom.